The average Bonchev–Trinajstić information content (AvgIpc) is 3.10. The third-order valence-electron chi connectivity index (χ3n) is 4.85. The fourth-order valence-corrected chi connectivity index (χ4v) is 3.37. The van der Waals surface area contributed by atoms with Gasteiger partial charge in [0.25, 0.3) is 0 Å². The van der Waals surface area contributed by atoms with Crippen LogP contribution in [0, 0.1) is 0 Å². The number of aromatic nitrogens is 2. The number of methoxy groups -OCH3 is 1. The number of nitrogens with zero attached hydrogens (tertiary/aromatic N) is 2. The molecule has 0 atom stereocenters. The van der Waals surface area contributed by atoms with E-state index >= 15 is 0 Å². The molecule has 1 aliphatic heterocycles. The molecular weight excluding hydrogens is 356 g/mol. The number of para-hydroxylation sites is 1. The molecule has 0 spiro atoms. The summed E-state index contributed by atoms with van der Waals surface area (Å²) in [7, 11) is 1.62. The van der Waals surface area contributed by atoms with E-state index in [4.69, 9.17) is 19.3 Å². The van der Waals surface area contributed by atoms with Crippen LogP contribution in [0.3, 0.4) is 0 Å². The molecule has 144 valence electrons. The first-order valence-corrected chi connectivity index (χ1v) is 9.29. The molecule has 6 heteroatoms. The first kappa shape index (κ1) is 18.1. The summed E-state index contributed by atoms with van der Waals surface area (Å²) in [5.74, 6) is 1.31. The first-order chi connectivity index (χ1) is 13.7. The van der Waals surface area contributed by atoms with E-state index in [1.54, 1.807) is 7.11 Å². The lowest BCUT2D eigenvalue weighted by atomic mass is 10.0. The van der Waals surface area contributed by atoms with Gasteiger partial charge in [-0.1, -0.05) is 24.3 Å². The van der Waals surface area contributed by atoms with Crippen LogP contribution in [0.4, 0.5) is 0 Å². The van der Waals surface area contributed by atoms with Crippen LogP contribution >= 0.6 is 0 Å². The van der Waals surface area contributed by atoms with Gasteiger partial charge in [-0.2, -0.15) is 5.10 Å². The number of hydrogen-bond acceptors (Lipinski definition) is 5. The summed E-state index contributed by atoms with van der Waals surface area (Å²) in [6.07, 6.45) is 0.165. The quantitative estimate of drug-likeness (QED) is 0.611. The zero-order valence-corrected chi connectivity index (χ0v) is 16.0. The molecule has 0 amide bonds. The zero-order chi connectivity index (χ0) is 19.5. The van der Waals surface area contributed by atoms with Crippen LogP contribution < -0.4 is 9.47 Å². The molecule has 4 rings (SSSR count). The summed E-state index contributed by atoms with van der Waals surface area (Å²) >= 11 is 0. The van der Waals surface area contributed by atoms with Crippen LogP contribution in [0.5, 0.6) is 11.5 Å². The van der Waals surface area contributed by atoms with Gasteiger partial charge in [0.05, 0.1) is 19.2 Å². The van der Waals surface area contributed by atoms with E-state index in [-0.39, 0.29) is 19.0 Å². The second-order valence-electron chi connectivity index (χ2n) is 6.56. The van der Waals surface area contributed by atoms with Crippen LogP contribution in [-0.4, -0.2) is 22.9 Å². The van der Waals surface area contributed by atoms with Gasteiger partial charge in [-0.25, -0.2) is 0 Å². The van der Waals surface area contributed by atoms with Crippen LogP contribution in [0.15, 0.2) is 48.5 Å². The highest BCUT2D eigenvalue weighted by Crippen LogP contribution is 2.38. The maximum absolute atomic E-state index is 12.5. The Morgan fingerprint density at radius 3 is 2.71 bits per heavy atom. The van der Waals surface area contributed by atoms with Crippen LogP contribution in [0.2, 0.25) is 0 Å². The van der Waals surface area contributed by atoms with Crippen molar-refractivity contribution in [3.8, 4) is 22.8 Å². The lowest BCUT2D eigenvalue weighted by molar-refractivity contribution is -0.144. The normalized spacial score (nSPS) is 11.9. The second kappa shape index (κ2) is 7.76. The minimum atomic E-state index is -0.285. The minimum absolute atomic E-state index is 0.165. The predicted octanol–water partition coefficient (Wildman–Crippen LogP) is 3.76. The van der Waals surface area contributed by atoms with Gasteiger partial charge in [-0.05, 0) is 36.8 Å². The van der Waals surface area contributed by atoms with Gasteiger partial charge in [0.1, 0.15) is 30.4 Å². The van der Waals surface area contributed by atoms with Crippen LogP contribution in [0.25, 0.3) is 11.3 Å². The number of esters is 1. The largest absolute Gasteiger partial charge is 0.497 e. The topological polar surface area (TPSA) is 62.6 Å². The molecule has 1 aromatic heterocycles. The summed E-state index contributed by atoms with van der Waals surface area (Å²) < 4.78 is 18.3. The van der Waals surface area contributed by atoms with E-state index in [9.17, 15) is 4.79 Å². The molecule has 0 fully saturated rings. The van der Waals surface area contributed by atoms with Crippen molar-refractivity contribution in [3.63, 3.8) is 0 Å². The van der Waals surface area contributed by atoms with Gasteiger partial charge in [0, 0.05) is 17.7 Å². The van der Waals surface area contributed by atoms with Gasteiger partial charge < -0.3 is 14.2 Å². The van der Waals surface area contributed by atoms with Gasteiger partial charge in [-0.3, -0.25) is 9.48 Å². The van der Waals surface area contributed by atoms with E-state index in [1.807, 2.05) is 60.1 Å². The average molecular weight is 378 g/mol. The number of benzene rings is 2. The Hall–Kier alpha value is -3.28. The Balaban J connectivity index is 1.50. The molecule has 0 aliphatic carbocycles. The Bertz CT molecular complexity index is 992. The molecule has 28 heavy (non-hydrogen) atoms. The minimum Gasteiger partial charge on any atom is -0.497 e. The Morgan fingerprint density at radius 2 is 1.96 bits per heavy atom. The highest BCUT2D eigenvalue weighted by Gasteiger charge is 2.26. The van der Waals surface area contributed by atoms with Gasteiger partial charge >= 0.3 is 5.97 Å². The van der Waals surface area contributed by atoms with Crippen LogP contribution in [-0.2, 0) is 35.7 Å². The van der Waals surface area contributed by atoms with E-state index in [2.05, 4.69) is 0 Å². The predicted molar refractivity (Wildman–Crippen MR) is 104 cm³/mol. The summed E-state index contributed by atoms with van der Waals surface area (Å²) in [5, 5.41) is 4.72. The number of hydrogen-bond donors (Lipinski definition) is 0. The molecule has 0 radical (unpaired) electrons. The standard InChI is InChI=1S/C22H22N2O4/c1-3-24-19(12-21(25)28-13-15-8-10-16(26-2)11-9-15)18-14-27-20-7-5-4-6-17(20)22(18)23-24/h4-11H,3,12-14H2,1-2H3. The number of aryl methyl sites for hydroxylation is 1. The molecule has 6 nitrogen and oxygen atoms in total. The molecule has 3 aromatic rings. The highest BCUT2D eigenvalue weighted by molar-refractivity contribution is 5.77. The molecule has 0 N–H and O–H groups in total. The molecule has 2 heterocycles. The molecule has 0 bridgehead atoms. The van der Waals surface area contributed by atoms with Gasteiger partial charge in [0.2, 0.25) is 0 Å². The van der Waals surface area contributed by atoms with Crippen molar-refractivity contribution in [2.45, 2.75) is 33.1 Å². The van der Waals surface area contributed by atoms with E-state index in [0.717, 1.165) is 39.6 Å². The first-order valence-electron chi connectivity index (χ1n) is 9.29. The summed E-state index contributed by atoms with van der Waals surface area (Å²) in [6.45, 7) is 3.33. The fourth-order valence-electron chi connectivity index (χ4n) is 3.37. The van der Waals surface area contributed by atoms with Gasteiger partial charge in [-0.15, -0.1) is 0 Å². The lowest BCUT2D eigenvalue weighted by Gasteiger charge is -2.17. The third-order valence-corrected chi connectivity index (χ3v) is 4.85. The van der Waals surface area contributed by atoms with E-state index in [0.29, 0.717) is 13.2 Å². The summed E-state index contributed by atoms with van der Waals surface area (Å²) in [6, 6.07) is 15.3. The zero-order valence-electron chi connectivity index (χ0n) is 16.0. The Morgan fingerprint density at radius 1 is 1.18 bits per heavy atom. The van der Waals surface area contributed by atoms with Crippen LogP contribution in [0.1, 0.15) is 23.7 Å². The third kappa shape index (κ3) is 3.45. The number of carbonyl (C=O) groups excluding carboxylic acids is 1. The van der Waals surface area contributed by atoms with Crippen molar-refractivity contribution in [2.75, 3.05) is 7.11 Å². The number of carbonyl (C=O) groups is 1. The maximum Gasteiger partial charge on any atom is 0.312 e. The molecule has 2 aromatic carbocycles. The Kier molecular flexibility index (Phi) is 5.02. The SMILES string of the molecule is CCn1nc2c(c1CC(=O)OCc1ccc(OC)cc1)COc1ccccc1-2. The van der Waals surface area contributed by atoms with Gasteiger partial charge in [0.15, 0.2) is 0 Å². The fraction of sp³-hybridized carbons (Fsp3) is 0.273. The number of rotatable bonds is 6. The number of ether oxygens (including phenoxy) is 3. The van der Waals surface area contributed by atoms with Crippen molar-refractivity contribution < 1.29 is 19.0 Å². The van der Waals surface area contributed by atoms with E-state index in [1.165, 1.54) is 0 Å². The van der Waals surface area contributed by atoms with Crippen molar-refractivity contribution in [1.29, 1.82) is 0 Å². The molecule has 0 unspecified atom stereocenters. The van der Waals surface area contributed by atoms with Crippen molar-refractivity contribution in [1.82, 2.24) is 9.78 Å². The van der Waals surface area contributed by atoms with E-state index < -0.39 is 0 Å². The van der Waals surface area contributed by atoms with Crippen molar-refractivity contribution in [3.05, 3.63) is 65.4 Å². The molecule has 0 saturated heterocycles. The summed E-state index contributed by atoms with van der Waals surface area (Å²) in [4.78, 5) is 12.5. The maximum atomic E-state index is 12.5. The number of fused-ring (bicyclic) bond motifs is 3. The lowest BCUT2D eigenvalue weighted by Crippen LogP contribution is -2.14. The smallest absolute Gasteiger partial charge is 0.312 e. The van der Waals surface area contributed by atoms with Crippen molar-refractivity contribution in [2.24, 2.45) is 0 Å². The molecular formula is C22H22N2O4. The van der Waals surface area contributed by atoms with Crippen molar-refractivity contribution >= 4 is 5.97 Å². The summed E-state index contributed by atoms with van der Waals surface area (Å²) in [5.41, 5.74) is 4.58. The molecule has 0 saturated carbocycles. The Labute approximate surface area is 163 Å². The highest BCUT2D eigenvalue weighted by atomic mass is 16.5. The monoisotopic (exact) mass is 378 g/mol. The second-order valence-corrected chi connectivity index (χ2v) is 6.56. The molecule has 1 aliphatic rings.